The molecule has 15 heavy (non-hydrogen) atoms. The Morgan fingerprint density at radius 2 is 2.20 bits per heavy atom. The lowest BCUT2D eigenvalue weighted by molar-refractivity contribution is -0.157. The molecule has 1 heterocycles. The minimum Gasteiger partial charge on any atom is -0.460 e. The number of esters is 1. The van der Waals surface area contributed by atoms with Crippen LogP contribution in [0.5, 0.6) is 0 Å². The van der Waals surface area contributed by atoms with Crippen molar-refractivity contribution >= 4 is 11.9 Å². The monoisotopic (exact) mass is 213 g/mol. The van der Waals surface area contributed by atoms with Crippen LogP contribution >= 0.6 is 0 Å². The van der Waals surface area contributed by atoms with Gasteiger partial charge >= 0.3 is 5.97 Å². The molecular formula is C11H19NO3. The van der Waals surface area contributed by atoms with Gasteiger partial charge in [0.25, 0.3) is 0 Å². The highest BCUT2D eigenvalue weighted by atomic mass is 16.6. The molecule has 1 aliphatic rings. The first-order valence-electron chi connectivity index (χ1n) is 5.38. The van der Waals surface area contributed by atoms with Crippen molar-refractivity contribution in [3.63, 3.8) is 0 Å². The smallest absolute Gasteiger partial charge is 0.307 e. The van der Waals surface area contributed by atoms with Crippen LogP contribution in [0.15, 0.2) is 0 Å². The van der Waals surface area contributed by atoms with Crippen LogP contribution in [-0.4, -0.2) is 24.0 Å². The van der Waals surface area contributed by atoms with E-state index in [2.05, 4.69) is 5.32 Å². The lowest BCUT2D eigenvalue weighted by Crippen LogP contribution is -2.38. The van der Waals surface area contributed by atoms with E-state index in [4.69, 9.17) is 4.74 Å². The van der Waals surface area contributed by atoms with Gasteiger partial charge < -0.3 is 10.1 Å². The van der Waals surface area contributed by atoms with E-state index in [1.54, 1.807) is 0 Å². The molecule has 0 bridgehead atoms. The number of piperidine rings is 1. The molecule has 1 N–H and O–H groups in total. The Labute approximate surface area is 90.4 Å². The number of ether oxygens (including phenoxy) is 1. The highest BCUT2D eigenvalue weighted by molar-refractivity contribution is 5.84. The number of carbonyl (C=O) groups is 2. The third kappa shape index (κ3) is 4.32. The Hall–Kier alpha value is -1.06. The van der Waals surface area contributed by atoms with Crippen LogP contribution in [0, 0.1) is 5.92 Å². The van der Waals surface area contributed by atoms with Crippen molar-refractivity contribution < 1.29 is 14.3 Å². The van der Waals surface area contributed by atoms with Crippen molar-refractivity contribution in [1.82, 2.24) is 5.32 Å². The molecule has 1 amide bonds. The molecule has 0 aromatic heterocycles. The van der Waals surface area contributed by atoms with Crippen molar-refractivity contribution in [2.45, 2.75) is 45.6 Å². The summed E-state index contributed by atoms with van der Waals surface area (Å²) in [6.07, 6.45) is 1.92. The molecule has 0 unspecified atom stereocenters. The fourth-order valence-electron chi connectivity index (χ4n) is 1.61. The lowest BCUT2D eigenvalue weighted by Gasteiger charge is -2.24. The summed E-state index contributed by atoms with van der Waals surface area (Å²) in [6, 6.07) is 0. The second kappa shape index (κ2) is 4.64. The third-order valence-electron chi connectivity index (χ3n) is 2.23. The maximum Gasteiger partial charge on any atom is 0.307 e. The third-order valence-corrected chi connectivity index (χ3v) is 2.23. The molecule has 0 radical (unpaired) electrons. The fraction of sp³-hybridized carbons (Fsp3) is 0.818. The Bertz CT molecular complexity index is 255. The molecule has 0 aliphatic carbocycles. The summed E-state index contributed by atoms with van der Waals surface area (Å²) in [6.45, 7) is 6.20. The average molecular weight is 213 g/mol. The van der Waals surface area contributed by atoms with Gasteiger partial charge in [-0.3, -0.25) is 9.59 Å². The van der Waals surface area contributed by atoms with Gasteiger partial charge in [-0.05, 0) is 33.6 Å². The Kier molecular flexibility index (Phi) is 3.72. The van der Waals surface area contributed by atoms with E-state index in [-0.39, 0.29) is 24.2 Å². The summed E-state index contributed by atoms with van der Waals surface area (Å²) in [5.74, 6) is -0.509. The highest BCUT2D eigenvalue weighted by Crippen LogP contribution is 2.18. The van der Waals surface area contributed by atoms with Crippen molar-refractivity contribution in [3.05, 3.63) is 0 Å². The van der Waals surface area contributed by atoms with E-state index in [1.165, 1.54) is 0 Å². The second-order valence-corrected chi connectivity index (χ2v) is 4.92. The molecule has 0 aromatic carbocycles. The first-order valence-corrected chi connectivity index (χ1v) is 5.38. The molecule has 4 heteroatoms. The number of nitrogens with one attached hydrogen (secondary N) is 1. The normalized spacial score (nSPS) is 22.1. The summed E-state index contributed by atoms with van der Waals surface area (Å²) >= 11 is 0. The fourth-order valence-corrected chi connectivity index (χ4v) is 1.61. The molecular weight excluding hydrogens is 194 g/mol. The quantitative estimate of drug-likeness (QED) is 0.702. The van der Waals surface area contributed by atoms with Crippen LogP contribution in [0.1, 0.15) is 40.0 Å². The van der Waals surface area contributed by atoms with Gasteiger partial charge in [0.15, 0.2) is 0 Å². The van der Waals surface area contributed by atoms with Gasteiger partial charge in [0.1, 0.15) is 5.60 Å². The molecule has 1 atom stereocenters. The van der Waals surface area contributed by atoms with E-state index in [0.29, 0.717) is 0 Å². The van der Waals surface area contributed by atoms with E-state index >= 15 is 0 Å². The van der Waals surface area contributed by atoms with Crippen LogP contribution in [0.25, 0.3) is 0 Å². The maximum absolute atomic E-state index is 11.5. The van der Waals surface area contributed by atoms with Crippen LogP contribution < -0.4 is 5.32 Å². The predicted molar refractivity (Wildman–Crippen MR) is 56.2 cm³/mol. The van der Waals surface area contributed by atoms with Gasteiger partial charge in [-0.1, -0.05) is 0 Å². The van der Waals surface area contributed by atoms with Crippen molar-refractivity contribution in [2.24, 2.45) is 5.92 Å². The molecule has 1 rings (SSSR count). The van der Waals surface area contributed by atoms with Crippen molar-refractivity contribution in [1.29, 1.82) is 0 Å². The maximum atomic E-state index is 11.5. The Morgan fingerprint density at radius 1 is 1.53 bits per heavy atom. The molecule has 0 aromatic rings. The molecule has 86 valence electrons. The van der Waals surface area contributed by atoms with Crippen LogP contribution in [0.3, 0.4) is 0 Å². The van der Waals surface area contributed by atoms with Gasteiger partial charge in [0.05, 0.1) is 6.42 Å². The van der Waals surface area contributed by atoms with Crippen LogP contribution in [0.2, 0.25) is 0 Å². The zero-order valence-electron chi connectivity index (χ0n) is 9.63. The van der Waals surface area contributed by atoms with Gasteiger partial charge in [-0.2, -0.15) is 0 Å². The Morgan fingerprint density at radius 3 is 2.73 bits per heavy atom. The summed E-state index contributed by atoms with van der Waals surface area (Å²) in [5, 5.41) is 2.75. The molecule has 1 saturated heterocycles. The van der Waals surface area contributed by atoms with Gasteiger partial charge in [0.2, 0.25) is 5.91 Å². The lowest BCUT2D eigenvalue weighted by atomic mass is 9.95. The molecule has 1 fully saturated rings. The van der Waals surface area contributed by atoms with Gasteiger partial charge in [0, 0.05) is 12.5 Å². The minimum atomic E-state index is -0.470. The minimum absolute atomic E-state index is 0.0212. The SMILES string of the molecule is CC(C)(C)OC(=O)C[C@H]1CCCNC1=O. The standard InChI is InChI=1S/C11H19NO3/c1-11(2,3)15-9(13)7-8-5-4-6-12-10(8)14/h8H,4-7H2,1-3H3,(H,12,14)/t8-/m1/s1. The summed E-state index contributed by atoms with van der Waals surface area (Å²) in [7, 11) is 0. The van der Waals surface area contributed by atoms with Gasteiger partial charge in [-0.15, -0.1) is 0 Å². The molecule has 0 spiro atoms. The number of rotatable bonds is 2. The second-order valence-electron chi connectivity index (χ2n) is 4.92. The van der Waals surface area contributed by atoms with E-state index in [9.17, 15) is 9.59 Å². The average Bonchev–Trinajstić information content (AvgIpc) is 2.05. The number of hydrogen-bond donors (Lipinski definition) is 1. The number of carbonyl (C=O) groups excluding carboxylic acids is 2. The molecule has 0 saturated carbocycles. The van der Waals surface area contributed by atoms with Crippen molar-refractivity contribution in [2.75, 3.05) is 6.54 Å². The zero-order valence-corrected chi connectivity index (χ0v) is 9.63. The Balaban J connectivity index is 2.40. The number of amides is 1. The largest absolute Gasteiger partial charge is 0.460 e. The van der Waals surface area contributed by atoms with Crippen molar-refractivity contribution in [3.8, 4) is 0 Å². The predicted octanol–water partition coefficient (Wildman–Crippen LogP) is 1.24. The highest BCUT2D eigenvalue weighted by Gasteiger charge is 2.27. The summed E-state index contributed by atoms with van der Waals surface area (Å²) < 4.78 is 5.17. The molecule has 1 aliphatic heterocycles. The van der Waals surface area contributed by atoms with E-state index in [0.717, 1.165) is 19.4 Å². The van der Waals surface area contributed by atoms with Crippen LogP contribution in [-0.2, 0) is 14.3 Å². The first kappa shape index (κ1) is 12.0. The van der Waals surface area contributed by atoms with Gasteiger partial charge in [-0.25, -0.2) is 0 Å². The van der Waals surface area contributed by atoms with Crippen LogP contribution in [0.4, 0.5) is 0 Å². The topological polar surface area (TPSA) is 55.4 Å². The summed E-state index contributed by atoms with van der Waals surface area (Å²) in [4.78, 5) is 22.8. The number of hydrogen-bond acceptors (Lipinski definition) is 3. The summed E-state index contributed by atoms with van der Waals surface area (Å²) in [5.41, 5.74) is -0.470. The zero-order chi connectivity index (χ0) is 11.5. The first-order chi connectivity index (χ1) is 6.88. The van der Waals surface area contributed by atoms with E-state index in [1.807, 2.05) is 20.8 Å². The van der Waals surface area contributed by atoms with E-state index < -0.39 is 5.60 Å². The molecule has 4 nitrogen and oxygen atoms in total.